The van der Waals surface area contributed by atoms with Gasteiger partial charge in [-0.15, -0.1) is 0 Å². The Hall–Kier alpha value is -0.110. The Morgan fingerprint density at radius 3 is 2.22 bits per heavy atom. The molecule has 1 spiro atoms. The lowest BCUT2D eigenvalue weighted by atomic mass is 9.95. The molecule has 52 valence electrons. The van der Waals surface area contributed by atoms with Gasteiger partial charge < -0.3 is 5.32 Å². The normalized spacial score (nSPS) is 39.0. The molecule has 2 fully saturated rings. The fraction of sp³-hybridized carbons (Fsp3) is 1.00. The Labute approximate surface area is 54.6 Å². The number of piperidine rings is 1. The summed E-state index contributed by atoms with van der Waals surface area (Å²) in [5.74, 6) is 0. The van der Waals surface area contributed by atoms with Crippen molar-refractivity contribution in [3.05, 3.63) is 0 Å². The van der Waals surface area contributed by atoms with Crippen molar-refractivity contribution in [2.24, 2.45) is 5.41 Å². The van der Waals surface area contributed by atoms with E-state index in [0.717, 1.165) is 32.4 Å². The maximum absolute atomic E-state index is 12.6. The smallest absolute Gasteiger partial charge is 0.107 e. The van der Waals surface area contributed by atoms with Crippen LogP contribution in [0.4, 0.5) is 4.39 Å². The average Bonchev–Trinajstić information content (AvgIpc) is 2.44. The second-order valence-electron chi connectivity index (χ2n) is 3.28. The van der Waals surface area contributed by atoms with E-state index in [2.05, 4.69) is 5.32 Å². The van der Waals surface area contributed by atoms with Crippen molar-refractivity contribution in [3.63, 3.8) is 0 Å². The maximum Gasteiger partial charge on any atom is 0.107 e. The van der Waals surface area contributed by atoms with Gasteiger partial charge in [-0.05, 0) is 32.4 Å². The van der Waals surface area contributed by atoms with Crippen LogP contribution in [0.3, 0.4) is 0 Å². The summed E-state index contributed by atoms with van der Waals surface area (Å²) in [7, 11) is 0. The van der Waals surface area contributed by atoms with E-state index < -0.39 is 6.17 Å². The number of halogens is 1. The van der Waals surface area contributed by atoms with E-state index in [1.165, 1.54) is 0 Å². The van der Waals surface area contributed by atoms with Crippen molar-refractivity contribution in [2.75, 3.05) is 13.1 Å². The Balaban J connectivity index is 1.97. The zero-order valence-corrected chi connectivity index (χ0v) is 5.49. The van der Waals surface area contributed by atoms with Gasteiger partial charge in [-0.2, -0.15) is 0 Å². The standard InChI is InChI=1S/C7H12FN/c8-6-5-7(6)1-3-9-4-2-7/h6,9H,1-5H2. The van der Waals surface area contributed by atoms with Gasteiger partial charge in [0.25, 0.3) is 0 Å². The molecule has 1 atom stereocenters. The first-order valence-electron chi connectivity index (χ1n) is 3.68. The quantitative estimate of drug-likeness (QED) is 0.516. The molecule has 0 radical (unpaired) electrons. The van der Waals surface area contributed by atoms with Gasteiger partial charge >= 0.3 is 0 Å². The summed E-state index contributed by atoms with van der Waals surface area (Å²) in [5, 5.41) is 3.23. The highest BCUT2D eigenvalue weighted by Gasteiger charge is 2.54. The molecule has 0 aromatic heterocycles. The van der Waals surface area contributed by atoms with Gasteiger partial charge in [0, 0.05) is 5.41 Å². The summed E-state index contributed by atoms with van der Waals surface area (Å²) in [5.41, 5.74) is 0.158. The number of rotatable bonds is 0. The van der Waals surface area contributed by atoms with Crippen LogP contribution in [0.1, 0.15) is 19.3 Å². The second kappa shape index (κ2) is 1.69. The predicted octanol–water partition coefficient (Wildman–Crippen LogP) is 1.10. The zero-order chi connectivity index (χ0) is 6.32. The number of hydrogen-bond donors (Lipinski definition) is 1. The monoisotopic (exact) mass is 129 g/mol. The van der Waals surface area contributed by atoms with E-state index in [-0.39, 0.29) is 5.41 Å². The van der Waals surface area contributed by atoms with Gasteiger partial charge in [0.15, 0.2) is 0 Å². The first kappa shape index (κ1) is 5.66. The minimum atomic E-state index is -0.459. The lowest BCUT2D eigenvalue weighted by Gasteiger charge is -2.21. The fourth-order valence-electron chi connectivity index (χ4n) is 1.74. The predicted molar refractivity (Wildman–Crippen MR) is 34.0 cm³/mol. The molecule has 1 aliphatic carbocycles. The fourth-order valence-corrected chi connectivity index (χ4v) is 1.74. The van der Waals surface area contributed by atoms with Crippen molar-refractivity contribution < 1.29 is 4.39 Å². The van der Waals surface area contributed by atoms with Crippen LogP contribution in [0, 0.1) is 5.41 Å². The molecule has 1 heterocycles. The summed E-state index contributed by atoms with van der Waals surface area (Å²) in [6.45, 7) is 2.06. The number of alkyl halides is 1. The molecule has 0 aromatic rings. The van der Waals surface area contributed by atoms with Crippen molar-refractivity contribution in [2.45, 2.75) is 25.4 Å². The van der Waals surface area contributed by atoms with Gasteiger partial charge in [-0.25, -0.2) is 4.39 Å². The van der Waals surface area contributed by atoms with Crippen molar-refractivity contribution in [1.29, 1.82) is 0 Å². The molecule has 2 heteroatoms. The van der Waals surface area contributed by atoms with E-state index in [1.807, 2.05) is 0 Å². The molecule has 1 nitrogen and oxygen atoms in total. The largest absolute Gasteiger partial charge is 0.317 e. The summed E-state index contributed by atoms with van der Waals surface area (Å²) >= 11 is 0. The van der Waals surface area contributed by atoms with Crippen LogP contribution in [0.15, 0.2) is 0 Å². The minimum absolute atomic E-state index is 0.158. The summed E-state index contributed by atoms with van der Waals surface area (Å²) < 4.78 is 12.6. The number of nitrogens with one attached hydrogen (secondary N) is 1. The highest BCUT2D eigenvalue weighted by atomic mass is 19.1. The molecule has 0 bridgehead atoms. The molecular weight excluding hydrogens is 117 g/mol. The van der Waals surface area contributed by atoms with Crippen LogP contribution >= 0.6 is 0 Å². The first-order chi connectivity index (χ1) is 4.33. The van der Waals surface area contributed by atoms with Crippen LogP contribution in [0.2, 0.25) is 0 Å². The van der Waals surface area contributed by atoms with E-state index in [9.17, 15) is 4.39 Å². The third-order valence-corrected chi connectivity index (χ3v) is 2.69. The molecule has 0 aromatic carbocycles. The van der Waals surface area contributed by atoms with Crippen molar-refractivity contribution >= 4 is 0 Å². The second-order valence-corrected chi connectivity index (χ2v) is 3.28. The van der Waals surface area contributed by atoms with Gasteiger partial charge in [0.1, 0.15) is 6.17 Å². The molecule has 1 unspecified atom stereocenters. The van der Waals surface area contributed by atoms with E-state index >= 15 is 0 Å². The van der Waals surface area contributed by atoms with Gasteiger partial charge in [0.2, 0.25) is 0 Å². The highest BCUT2D eigenvalue weighted by Crippen LogP contribution is 2.54. The third-order valence-electron chi connectivity index (χ3n) is 2.69. The van der Waals surface area contributed by atoms with Crippen molar-refractivity contribution in [1.82, 2.24) is 5.32 Å². The Morgan fingerprint density at radius 1 is 1.33 bits per heavy atom. The van der Waals surface area contributed by atoms with E-state index in [4.69, 9.17) is 0 Å². The molecule has 1 saturated heterocycles. The van der Waals surface area contributed by atoms with Crippen LogP contribution in [-0.4, -0.2) is 19.3 Å². The maximum atomic E-state index is 12.6. The third kappa shape index (κ3) is 0.767. The topological polar surface area (TPSA) is 12.0 Å². The van der Waals surface area contributed by atoms with Crippen LogP contribution in [0.5, 0.6) is 0 Å². The SMILES string of the molecule is FC1CC12CCNCC2. The molecule has 2 rings (SSSR count). The molecule has 1 N–H and O–H groups in total. The van der Waals surface area contributed by atoms with Crippen LogP contribution in [-0.2, 0) is 0 Å². The Bertz CT molecular complexity index is 118. The van der Waals surface area contributed by atoms with Crippen LogP contribution in [0.25, 0.3) is 0 Å². The lowest BCUT2D eigenvalue weighted by molar-refractivity contribution is 0.282. The summed E-state index contributed by atoms with van der Waals surface area (Å²) in [6.07, 6.45) is 2.51. The molecule has 0 amide bonds. The van der Waals surface area contributed by atoms with Gasteiger partial charge in [0.05, 0.1) is 0 Å². The van der Waals surface area contributed by atoms with Gasteiger partial charge in [-0.3, -0.25) is 0 Å². The highest BCUT2D eigenvalue weighted by molar-refractivity contribution is 5.05. The lowest BCUT2D eigenvalue weighted by Crippen LogP contribution is -2.29. The summed E-state index contributed by atoms with van der Waals surface area (Å²) in [4.78, 5) is 0. The Kier molecular flexibility index (Phi) is 1.06. The average molecular weight is 129 g/mol. The van der Waals surface area contributed by atoms with Crippen LogP contribution < -0.4 is 5.32 Å². The minimum Gasteiger partial charge on any atom is -0.317 e. The van der Waals surface area contributed by atoms with E-state index in [1.54, 1.807) is 0 Å². The Morgan fingerprint density at radius 2 is 1.89 bits per heavy atom. The molecule has 9 heavy (non-hydrogen) atoms. The van der Waals surface area contributed by atoms with E-state index in [0.29, 0.717) is 0 Å². The molecule has 1 aliphatic heterocycles. The van der Waals surface area contributed by atoms with Crippen molar-refractivity contribution in [3.8, 4) is 0 Å². The number of hydrogen-bond acceptors (Lipinski definition) is 1. The molecule has 1 saturated carbocycles. The molecule has 2 aliphatic rings. The zero-order valence-electron chi connectivity index (χ0n) is 5.49. The van der Waals surface area contributed by atoms with Gasteiger partial charge in [-0.1, -0.05) is 0 Å². The molecular formula is C7H12FN. The first-order valence-corrected chi connectivity index (χ1v) is 3.68. The summed E-state index contributed by atoms with van der Waals surface area (Å²) in [6, 6.07) is 0.